The third kappa shape index (κ3) is 4.97. The second kappa shape index (κ2) is 9.47. The van der Waals surface area contributed by atoms with Crippen molar-refractivity contribution in [3.8, 4) is 17.7 Å². The molecule has 2 aromatic carbocycles. The Bertz CT molecular complexity index is 1540. The predicted octanol–water partition coefficient (Wildman–Crippen LogP) is 5.94. The Labute approximate surface area is 194 Å². The highest BCUT2D eigenvalue weighted by Crippen LogP contribution is 2.25. The fourth-order valence-corrected chi connectivity index (χ4v) is 4.03. The van der Waals surface area contributed by atoms with Crippen molar-refractivity contribution in [3.05, 3.63) is 106 Å². The molecular weight excluding hydrogens is 432 g/mol. The summed E-state index contributed by atoms with van der Waals surface area (Å²) in [4.78, 5) is 20.7. The molecule has 0 aliphatic heterocycles. The number of hydrogen-bond donors (Lipinski definition) is 0. The van der Waals surface area contributed by atoms with E-state index in [9.17, 15) is 4.79 Å². The van der Waals surface area contributed by atoms with Gasteiger partial charge in [0.15, 0.2) is 0 Å². The molecule has 0 aliphatic carbocycles. The molecule has 0 radical (unpaired) electrons. The standard InChI is InChI=1S/C16H14N2O2.C10H6N2S/c1-11-5-3-7-13(9-11)20-14-10-15(19)18-8-4-6-12(2)16(18)17-14;1-7(6-11)10-12-8-4-2-3-5-9(8)13-10/h3-10H,1-2H3;2-5H,1H2. The lowest BCUT2D eigenvalue weighted by atomic mass is 10.2. The first kappa shape index (κ1) is 21.9. The number of aryl methyl sites for hydroxylation is 2. The summed E-state index contributed by atoms with van der Waals surface area (Å²) in [7, 11) is 0. The van der Waals surface area contributed by atoms with Crippen LogP contribution in [0.2, 0.25) is 0 Å². The van der Waals surface area contributed by atoms with Gasteiger partial charge in [-0.15, -0.1) is 11.3 Å². The van der Waals surface area contributed by atoms with E-state index >= 15 is 0 Å². The first-order valence-electron chi connectivity index (χ1n) is 10.1. The third-order valence-electron chi connectivity index (χ3n) is 4.76. The molecule has 3 aromatic heterocycles. The first-order valence-corrected chi connectivity index (χ1v) is 10.9. The summed E-state index contributed by atoms with van der Waals surface area (Å²) in [5.74, 6) is 0.990. The molecule has 0 fully saturated rings. The molecule has 0 aliphatic rings. The Kier molecular flexibility index (Phi) is 6.29. The SMILES string of the molecule is C=C(C#N)c1nc2ccccc2s1.Cc1cccc(Oc2cc(=O)n3cccc(C)c3n2)c1. The number of allylic oxidation sites excluding steroid dienone is 1. The maximum Gasteiger partial charge on any atom is 0.261 e. The maximum atomic E-state index is 12.1. The van der Waals surface area contributed by atoms with Crippen LogP contribution >= 0.6 is 11.3 Å². The lowest BCUT2D eigenvalue weighted by molar-refractivity contribution is 0.462. The zero-order valence-corrected chi connectivity index (χ0v) is 19.0. The molecule has 0 bridgehead atoms. The van der Waals surface area contributed by atoms with Gasteiger partial charge in [0.05, 0.1) is 21.9 Å². The van der Waals surface area contributed by atoms with Gasteiger partial charge in [0.2, 0.25) is 5.88 Å². The molecule has 0 amide bonds. The fraction of sp³-hybridized carbons (Fsp3) is 0.0769. The summed E-state index contributed by atoms with van der Waals surface area (Å²) in [6.45, 7) is 7.53. The van der Waals surface area contributed by atoms with Crippen LogP contribution in [0.5, 0.6) is 11.6 Å². The number of pyridine rings is 1. The number of hydrogen-bond acceptors (Lipinski definition) is 6. The number of rotatable bonds is 3. The van der Waals surface area contributed by atoms with Gasteiger partial charge >= 0.3 is 0 Å². The number of thiazole rings is 1. The summed E-state index contributed by atoms with van der Waals surface area (Å²) in [5.41, 5.74) is 3.85. The highest BCUT2D eigenvalue weighted by molar-refractivity contribution is 7.19. The number of ether oxygens (including phenoxy) is 1. The van der Waals surface area contributed by atoms with E-state index in [2.05, 4.69) is 16.5 Å². The molecule has 0 saturated heterocycles. The van der Waals surface area contributed by atoms with Crippen molar-refractivity contribution in [1.82, 2.24) is 14.4 Å². The van der Waals surface area contributed by atoms with Gasteiger partial charge in [0.1, 0.15) is 22.5 Å². The summed E-state index contributed by atoms with van der Waals surface area (Å²) in [5, 5.41) is 9.34. The van der Waals surface area contributed by atoms with Crippen LogP contribution in [0.25, 0.3) is 21.4 Å². The lowest BCUT2D eigenvalue weighted by Gasteiger charge is -2.08. The van der Waals surface area contributed by atoms with E-state index in [1.165, 1.54) is 21.8 Å². The summed E-state index contributed by atoms with van der Waals surface area (Å²) in [6.07, 6.45) is 1.70. The lowest BCUT2D eigenvalue weighted by Crippen LogP contribution is -2.14. The molecule has 5 rings (SSSR count). The van der Waals surface area contributed by atoms with Crippen LogP contribution in [-0.2, 0) is 0 Å². The Morgan fingerprint density at radius 1 is 1.06 bits per heavy atom. The summed E-state index contributed by atoms with van der Waals surface area (Å²) in [6, 6.07) is 22.6. The van der Waals surface area contributed by atoms with Crippen LogP contribution < -0.4 is 10.3 Å². The third-order valence-corrected chi connectivity index (χ3v) is 5.86. The van der Waals surface area contributed by atoms with Gasteiger partial charge in [-0.25, -0.2) is 4.98 Å². The van der Waals surface area contributed by atoms with Gasteiger partial charge in [-0.3, -0.25) is 9.20 Å². The molecule has 162 valence electrons. The number of nitrogens with zero attached hydrogens (tertiary/aromatic N) is 4. The van der Waals surface area contributed by atoms with E-state index in [1.54, 1.807) is 6.20 Å². The molecule has 5 aromatic rings. The average molecular weight is 453 g/mol. The topological polar surface area (TPSA) is 80.3 Å². The molecule has 0 spiro atoms. The highest BCUT2D eigenvalue weighted by Gasteiger charge is 2.07. The molecule has 0 unspecified atom stereocenters. The molecule has 0 atom stereocenters. The first-order chi connectivity index (χ1) is 15.9. The van der Waals surface area contributed by atoms with Gasteiger partial charge in [-0.05, 0) is 55.3 Å². The van der Waals surface area contributed by atoms with E-state index in [0.29, 0.717) is 27.9 Å². The molecule has 0 N–H and O–H groups in total. The highest BCUT2D eigenvalue weighted by atomic mass is 32.1. The van der Waals surface area contributed by atoms with Crippen LogP contribution in [0.15, 0.2) is 84.3 Å². The molecule has 0 saturated carbocycles. The fourth-order valence-electron chi connectivity index (χ4n) is 3.14. The molecule has 7 heteroatoms. The number of para-hydroxylation sites is 1. The minimum absolute atomic E-state index is 0.152. The van der Waals surface area contributed by atoms with Crippen LogP contribution in [0.4, 0.5) is 0 Å². The van der Waals surface area contributed by atoms with Crippen molar-refractivity contribution in [2.75, 3.05) is 0 Å². The van der Waals surface area contributed by atoms with Crippen molar-refractivity contribution in [2.24, 2.45) is 0 Å². The van der Waals surface area contributed by atoms with E-state index in [0.717, 1.165) is 21.3 Å². The number of fused-ring (bicyclic) bond motifs is 2. The number of nitriles is 1. The average Bonchev–Trinajstić information content (AvgIpc) is 3.24. The molecule has 33 heavy (non-hydrogen) atoms. The molecule has 6 nitrogen and oxygen atoms in total. The summed E-state index contributed by atoms with van der Waals surface area (Å²) >= 11 is 1.50. The Morgan fingerprint density at radius 3 is 2.64 bits per heavy atom. The van der Waals surface area contributed by atoms with E-state index < -0.39 is 0 Å². The van der Waals surface area contributed by atoms with Crippen LogP contribution in [0.1, 0.15) is 16.1 Å². The Hall–Kier alpha value is -4.28. The maximum absolute atomic E-state index is 12.1. The monoisotopic (exact) mass is 452 g/mol. The van der Waals surface area contributed by atoms with Gasteiger partial charge in [-0.1, -0.05) is 36.9 Å². The number of benzene rings is 2. The smallest absolute Gasteiger partial charge is 0.261 e. The minimum Gasteiger partial charge on any atom is -0.439 e. The van der Waals surface area contributed by atoms with Crippen molar-refractivity contribution < 1.29 is 4.74 Å². The number of aromatic nitrogens is 3. The van der Waals surface area contributed by atoms with Gasteiger partial charge in [0, 0.05) is 6.20 Å². The molecule has 3 heterocycles. The van der Waals surface area contributed by atoms with E-state index in [4.69, 9.17) is 10.00 Å². The van der Waals surface area contributed by atoms with Crippen molar-refractivity contribution in [1.29, 1.82) is 5.26 Å². The summed E-state index contributed by atoms with van der Waals surface area (Å²) < 4.78 is 8.28. The second-order valence-corrected chi connectivity index (χ2v) is 8.34. The van der Waals surface area contributed by atoms with E-state index in [-0.39, 0.29) is 5.56 Å². The predicted molar refractivity (Wildman–Crippen MR) is 132 cm³/mol. The zero-order valence-electron chi connectivity index (χ0n) is 18.1. The second-order valence-electron chi connectivity index (χ2n) is 7.31. The van der Waals surface area contributed by atoms with Crippen molar-refractivity contribution in [3.63, 3.8) is 0 Å². The Balaban J connectivity index is 0.000000172. The van der Waals surface area contributed by atoms with Gasteiger partial charge in [-0.2, -0.15) is 10.2 Å². The minimum atomic E-state index is -0.152. The van der Waals surface area contributed by atoms with Crippen LogP contribution in [0, 0.1) is 25.2 Å². The van der Waals surface area contributed by atoms with Crippen LogP contribution in [-0.4, -0.2) is 14.4 Å². The van der Waals surface area contributed by atoms with Crippen LogP contribution in [0.3, 0.4) is 0 Å². The largest absolute Gasteiger partial charge is 0.439 e. The molecular formula is C26H20N4O2S. The zero-order chi connectivity index (χ0) is 23.4. The quantitative estimate of drug-likeness (QED) is 0.317. The van der Waals surface area contributed by atoms with Gasteiger partial charge < -0.3 is 4.74 Å². The normalized spacial score (nSPS) is 10.3. The van der Waals surface area contributed by atoms with Crippen molar-refractivity contribution >= 4 is 32.8 Å². The van der Waals surface area contributed by atoms with Gasteiger partial charge in [0.25, 0.3) is 5.56 Å². The Morgan fingerprint density at radius 2 is 1.88 bits per heavy atom. The van der Waals surface area contributed by atoms with Crippen molar-refractivity contribution in [2.45, 2.75) is 13.8 Å². The van der Waals surface area contributed by atoms with E-state index in [1.807, 2.05) is 80.6 Å².